The standard InChI is InChI=1S/C13H17NO/c1-10(2)12-9-15-13(14-12)8-11-6-4-3-5-7-11/h3-7,10,12H,8-9H2,1-2H3. The molecule has 1 heterocycles. The molecule has 1 aromatic carbocycles. The molecule has 0 aliphatic carbocycles. The van der Waals surface area contributed by atoms with Crippen LogP contribution >= 0.6 is 0 Å². The van der Waals surface area contributed by atoms with Crippen molar-refractivity contribution in [3.8, 4) is 0 Å². The molecular formula is C13H17NO. The summed E-state index contributed by atoms with van der Waals surface area (Å²) in [5.74, 6) is 1.46. The normalized spacial score (nSPS) is 20.2. The summed E-state index contributed by atoms with van der Waals surface area (Å²) in [6.07, 6.45) is 0.823. The van der Waals surface area contributed by atoms with E-state index in [4.69, 9.17) is 4.74 Å². The highest BCUT2D eigenvalue weighted by Crippen LogP contribution is 2.15. The molecule has 0 saturated carbocycles. The van der Waals surface area contributed by atoms with Crippen LogP contribution in [0.25, 0.3) is 0 Å². The quantitative estimate of drug-likeness (QED) is 0.740. The molecule has 2 rings (SSSR count). The summed E-state index contributed by atoms with van der Waals surface area (Å²) in [6.45, 7) is 5.12. The van der Waals surface area contributed by atoms with Gasteiger partial charge in [-0.3, -0.25) is 0 Å². The molecule has 0 saturated heterocycles. The van der Waals surface area contributed by atoms with E-state index in [1.54, 1.807) is 0 Å². The van der Waals surface area contributed by atoms with Crippen LogP contribution in [0.2, 0.25) is 0 Å². The first-order chi connectivity index (χ1) is 7.25. The van der Waals surface area contributed by atoms with E-state index in [-0.39, 0.29) is 0 Å². The minimum Gasteiger partial charge on any atom is -0.478 e. The van der Waals surface area contributed by atoms with Gasteiger partial charge in [-0.1, -0.05) is 44.2 Å². The molecule has 80 valence electrons. The van der Waals surface area contributed by atoms with Gasteiger partial charge in [-0.05, 0) is 11.5 Å². The molecule has 0 aromatic heterocycles. The third kappa shape index (κ3) is 2.58. The van der Waals surface area contributed by atoms with Gasteiger partial charge in [0.25, 0.3) is 0 Å². The third-order valence-corrected chi connectivity index (χ3v) is 2.70. The Morgan fingerprint density at radius 1 is 1.33 bits per heavy atom. The van der Waals surface area contributed by atoms with E-state index in [0.717, 1.165) is 18.9 Å². The first kappa shape index (κ1) is 10.2. The van der Waals surface area contributed by atoms with E-state index >= 15 is 0 Å². The van der Waals surface area contributed by atoms with Gasteiger partial charge in [0.05, 0.1) is 6.04 Å². The van der Waals surface area contributed by atoms with Crippen molar-refractivity contribution in [2.45, 2.75) is 26.3 Å². The summed E-state index contributed by atoms with van der Waals surface area (Å²) in [4.78, 5) is 4.58. The Bertz CT molecular complexity index is 343. The summed E-state index contributed by atoms with van der Waals surface area (Å²) in [7, 11) is 0. The number of hydrogen-bond acceptors (Lipinski definition) is 2. The van der Waals surface area contributed by atoms with Crippen molar-refractivity contribution in [2.75, 3.05) is 6.61 Å². The smallest absolute Gasteiger partial charge is 0.188 e. The van der Waals surface area contributed by atoms with Gasteiger partial charge in [-0.2, -0.15) is 0 Å². The Morgan fingerprint density at radius 2 is 2.07 bits per heavy atom. The van der Waals surface area contributed by atoms with Crippen LogP contribution in [0, 0.1) is 5.92 Å². The van der Waals surface area contributed by atoms with Crippen molar-refractivity contribution in [1.29, 1.82) is 0 Å². The fraction of sp³-hybridized carbons (Fsp3) is 0.462. The molecule has 1 atom stereocenters. The van der Waals surface area contributed by atoms with Crippen molar-refractivity contribution < 1.29 is 4.74 Å². The molecule has 0 fully saturated rings. The van der Waals surface area contributed by atoms with Gasteiger partial charge in [0.15, 0.2) is 5.90 Å². The lowest BCUT2D eigenvalue weighted by atomic mass is 10.1. The zero-order valence-corrected chi connectivity index (χ0v) is 9.31. The Morgan fingerprint density at radius 3 is 2.67 bits per heavy atom. The Hall–Kier alpha value is -1.31. The van der Waals surface area contributed by atoms with Gasteiger partial charge in [0.2, 0.25) is 0 Å². The second kappa shape index (κ2) is 4.47. The molecule has 1 aromatic rings. The first-order valence-electron chi connectivity index (χ1n) is 5.49. The summed E-state index contributed by atoms with van der Waals surface area (Å²) >= 11 is 0. The number of hydrogen-bond donors (Lipinski definition) is 0. The highest BCUT2D eigenvalue weighted by Gasteiger charge is 2.21. The zero-order valence-electron chi connectivity index (χ0n) is 9.31. The highest BCUT2D eigenvalue weighted by molar-refractivity contribution is 5.80. The third-order valence-electron chi connectivity index (χ3n) is 2.70. The Balaban J connectivity index is 2.00. The Labute approximate surface area is 91.0 Å². The van der Waals surface area contributed by atoms with E-state index in [1.165, 1.54) is 5.56 Å². The zero-order chi connectivity index (χ0) is 10.7. The molecule has 0 N–H and O–H groups in total. The molecule has 2 nitrogen and oxygen atoms in total. The lowest BCUT2D eigenvalue weighted by Gasteiger charge is -2.06. The second-order valence-electron chi connectivity index (χ2n) is 4.31. The van der Waals surface area contributed by atoms with Gasteiger partial charge < -0.3 is 4.74 Å². The van der Waals surface area contributed by atoms with Crippen LogP contribution in [0.4, 0.5) is 0 Å². The molecule has 1 aliphatic rings. The SMILES string of the molecule is CC(C)C1COC(Cc2ccccc2)=N1. The fourth-order valence-corrected chi connectivity index (χ4v) is 1.65. The lowest BCUT2D eigenvalue weighted by Crippen LogP contribution is -2.13. The van der Waals surface area contributed by atoms with E-state index in [0.29, 0.717) is 12.0 Å². The molecule has 0 radical (unpaired) electrons. The number of rotatable bonds is 3. The van der Waals surface area contributed by atoms with Crippen molar-refractivity contribution >= 4 is 5.90 Å². The monoisotopic (exact) mass is 203 g/mol. The number of aliphatic imine (C=N–C) groups is 1. The summed E-state index contributed by atoms with van der Waals surface area (Å²) < 4.78 is 5.58. The maximum atomic E-state index is 5.58. The predicted molar refractivity (Wildman–Crippen MR) is 62.2 cm³/mol. The molecular weight excluding hydrogens is 186 g/mol. The maximum Gasteiger partial charge on any atom is 0.188 e. The lowest BCUT2D eigenvalue weighted by molar-refractivity contribution is 0.287. The van der Waals surface area contributed by atoms with Crippen LogP contribution in [0.1, 0.15) is 19.4 Å². The summed E-state index contributed by atoms with van der Waals surface area (Å²) in [6, 6.07) is 10.7. The molecule has 1 aliphatic heterocycles. The van der Waals surface area contributed by atoms with Crippen molar-refractivity contribution in [3.63, 3.8) is 0 Å². The topological polar surface area (TPSA) is 21.6 Å². The molecule has 0 amide bonds. The fourth-order valence-electron chi connectivity index (χ4n) is 1.65. The minimum absolute atomic E-state index is 0.351. The number of ether oxygens (including phenoxy) is 1. The maximum absolute atomic E-state index is 5.58. The number of benzene rings is 1. The predicted octanol–water partition coefficient (Wildman–Crippen LogP) is 2.68. The molecule has 0 spiro atoms. The van der Waals surface area contributed by atoms with Gasteiger partial charge in [-0.15, -0.1) is 0 Å². The average molecular weight is 203 g/mol. The van der Waals surface area contributed by atoms with Gasteiger partial charge in [0.1, 0.15) is 6.61 Å². The minimum atomic E-state index is 0.351. The largest absolute Gasteiger partial charge is 0.478 e. The second-order valence-corrected chi connectivity index (χ2v) is 4.31. The van der Waals surface area contributed by atoms with E-state index < -0.39 is 0 Å². The van der Waals surface area contributed by atoms with Crippen LogP contribution in [-0.2, 0) is 11.2 Å². The van der Waals surface area contributed by atoms with Gasteiger partial charge in [0, 0.05) is 6.42 Å². The van der Waals surface area contributed by atoms with E-state index in [2.05, 4.69) is 31.0 Å². The molecule has 1 unspecified atom stereocenters. The van der Waals surface area contributed by atoms with Crippen LogP contribution in [0.5, 0.6) is 0 Å². The summed E-state index contributed by atoms with van der Waals surface area (Å²) in [5, 5.41) is 0. The van der Waals surface area contributed by atoms with Crippen molar-refractivity contribution in [3.05, 3.63) is 35.9 Å². The van der Waals surface area contributed by atoms with Gasteiger partial charge >= 0.3 is 0 Å². The summed E-state index contributed by atoms with van der Waals surface area (Å²) in [5.41, 5.74) is 1.26. The van der Waals surface area contributed by atoms with Crippen LogP contribution in [0.3, 0.4) is 0 Å². The first-order valence-corrected chi connectivity index (χ1v) is 5.49. The molecule has 2 heteroatoms. The van der Waals surface area contributed by atoms with E-state index in [9.17, 15) is 0 Å². The van der Waals surface area contributed by atoms with Gasteiger partial charge in [-0.25, -0.2) is 4.99 Å². The van der Waals surface area contributed by atoms with E-state index in [1.807, 2.05) is 18.2 Å². The van der Waals surface area contributed by atoms with Crippen LogP contribution in [-0.4, -0.2) is 18.5 Å². The highest BCUT2D eigenvalue weighted by atomic mass is 16.5. The number of nitrogens with zero attached hydrogens (tertiary/aromatic N) is 1. The van der Waals surface area contributed by atoms with Crippen LogP contribution in [0.15, 0.2) is 35.3 Å². The van der Waals surface area contributed by atoms with Crippen molar-refractivity contribution in [1.82, 2.24) is 0 Å². The molecule has 15 heavy (non-hydrogen) atoms. The molecule has 0 bridgehead atoms. The van der Waals surface area contributed by atoms with Crippen LogP contribution < -0.4 is 0 Å². The van der Waals surface area contributed by atoms with Crippen molar-refractivity contribution in [2.24, 2.45) is 10.9 Å². The average Bonchev–Trinajstić information content (AvgIpc) is 2.68. The Kier molecular flexibility index (Phi) is 3.05.